The van der Waals surface area contributed by atoms with Crippen molar-refractivity contribution >= 4 is 6.03 Å². The van der Waals surface area contributed by atoms with Crippen LogP contribution in [0, 0.1) is 19.8 Å². The Morgan fingerprint density at radius 2 is 2.05 bits per heavy atom. The van der Waals surface area contributed by atoms with Crippen molar-refractivity contribution in [3.8, 4) is 0 Å². The maximum absolute atomic E-state index is 11.9. The molecule has 0 spiro atoms. The third kappa shape index (κ3) is 4.77. The summed E-state index contributed by atoms with van der Waals surface area (Å²) in [7, 11) is 0. The summed E-state index contributed by atoms with van der Waals surface area (Å²) in [4.78, 5) is 11.9. The fraction of sp³-hybridized carbons (Fsp3) is 0.688. The molecule has 3 unspecified atom stereocenters. The van der Waals surface area contributed by atoms with E-state index >= 15 is 0 Å². The van der Waals surface area contributed by atoms with Crippen molar-refractivity contribution in [1.29, 1.82) is 0 Å². The highest BCUT2D eigenvalue weighted by molar-refractivity contribution is 5.74. The minimum absolute atomic E-state index is 0.0952. The highest BCUT2D eigenvalue weighted by Crippen LogP contribution is 2.26. The molecule has 0 aromatic carbocycles. The molecule has 0 aliphatic rings. The van der Waals surface area contributed by atoms with Crippen molar-refractivity contribution in [2.45, 2.75) is 59.6 Å². The summed E-state index contributed by atoms with van der Waals surface area (Å²) < 4.78 is 5.43. The smallest absolute Gasteiger partial charge is 0.315 e. The number of carbonyl (C=O) groups is 1. The van der Waals surface area contributed by atoms with Gasteiger partial charge in [-0.1, -0.05) is 20.3 Å². The van der Waals surface area contributed by atoms with Gasteiger partial charge in [0.25, 0.3) is 0 Å². The van der Waals surface area contributed by atoms with E-state index in [0.29, 0.717) is 17.2 Å². The first-order chi connectivity index (χ1) is 9.67. The summed E-state index contributed by atoms with van der Waals surface area (Å²) in [5.74, 6) is 1.83. The second-order valence-corrected chi connectivity index (χ2v) is 6.10. The quantitative estimate of drug-likeness (QED) is 0.755. The Labute approximate surface area is 127 Å². The van der Waals surface area contributed by atoms with E-state index < -0.39 is 5.60 Å². The fourth-order valence-corrected chi connectivity index (χ4v) is 2.27. The van der Waals surface area contributed by atoms with Gasteiger partial charge in [-0.25, -0.2) is 4.79 Å². The number of hydrogen-bond acceptors (Lipinski definition) is 3. The lowest BCUT2D eigenvalue weighted by Gasteiger charge is -2.25. The summed E-state index contributed by atoms with van der Waals surface area (Å²) >= 11 is 0. The van der Waals surface area contributed by atoms with Gasteiger partial charge in [0.05, 0.1) is 6.54 Å². The first-order valence-corrected chi connectivity index (χ1v) is 7.51. The van der Waals surface area contributed by atoms with Crippen LogP contribution < -0.4 is 10.6 Å². The molecule has 0 aliphatic carbocycles. The van der Waals surface area contributed by atoms with Gasteiger partial charge in [0, 0.05) is 11.6 Å². The standard InChI is InChI=1S/C16H28N2O3/c1-7-10(2)12(4)18-15(19)17-9-16(6,20)14-8-11(3)21-13(14)5/h8,10,12,20H,7,9H2,1-6H3,(H2,17,18,19). The number of aryl methyl sites for hydroxylation is 2. The maximum Gasteiger partial charge on any atom is 0.315 e. The van der Waals surface area contributed by atoms with Crippen LogP contribution in [-0.4, -0.2) is 23.7 Å². The van der Waals surface area contributed by atoms with E-state index in [1.165, 1.54) is 0 Å². The van der Waals surface area contributed by atoms with Crippen molar-refractivity contribution in [1.82, 2.24) is 10.6 Å². The Balaban J connectivity index is 2.57. The van der Waals surface area contributed by atoms with Crippen molar-refractivity contribution < 1.29 is 14.3 Å². The molecule has 2 amide bonds. The predicted molar refractivity (Wildman–Crippen MR) is 83.2 cm³/mol. The molecule has 0 fully saturated rings. The summed E-state index contributed by atoms with van der Waals surface area (Å²) in [6.07, 6.45) is 1.01. The van der Waals surface area contributed by atoms with E-state index in [2.05, 4.69) is 24.5 Å². The molecule has 0 bridgehead atoms. The fourth-order valence-electron chi connectivity index (χ4n) is 2.27. The largest absolute Gasteiger partial charge is 0.466 e. The van der Waals surface area contributed by atoms with Crippen molar-refractivity contribution in [3.05, 3.63) is 23.2 Å². The SMILES string of the molecule is CCC(C)C(C)NC(=O)NCC(C)(O)c1cc(C)oc1C. The molecule has 0 radical (unpaired) electrons. The molecule has 0 saturated heterocycles. The summed E-state index contributed by atoms with van der Waals surface area (Å²) in [5, 5.41) is 16.1. The van der Waals surface area contributed by atoms with E-state index in [-0.39, 0.29) is 18.6 Å². The molecular formula is C16H28N2O3. The number of nitrogens with one attached hydrogen (secondary N) is 2. The average Bonchev–Trinajstić information content (AvgIpc) is 2.75. The lowest BCUT2D eigenvalue weighted by atomic mass is 9.96. The number of amides is 2. The second kappa shape index (κ2) is 6.98. The van der Waals surface area contributed by atoms with Crippen LogP contribution in [0.4, 0.5) is 4.79 Å². The minimum atomic E-state index is -1.15. The van der Waals surface area contributed by atoms with Gasteiger partial charge in [0.15, 0.2) is 0 Å². The molecule has 3 N–H and O–H groups in total. The Kier molecular flexibility index (Phi) is 5.84. The number of furan rings is 1. The Hall–Kier alpha value is -1.49. The minimum Gasteiger partial charge on any atom is -0.466 e. The monoisotopic (exact) mass is 296 g/mol. The molecule has 120 valence electrons. The third-order valence-electron chi connectivity index (χ3n) is 4.07. The lowest BCUT2D eigenvalue weighted by molar-refractivity contribution is 0.0577. The highest BCUT2D eigenvalue weighted by Gasteiger charge is 2.28. The number of urea groups is 1. The Bertz CT molecular complexity index is 480. The van der Waals surface area contributed by atoms with Gasteiger partial charge in [-0.2, -0.15) is 0 Å². The van der Waals surface area contributed by atoms with Crippen LogP contribution in [-0.2, 0) is 5.60 Å². The van der Waals surface area contributed by atoms with Gasteiger partial charge < -0.3 is 20.2 Å². The van der Waals surface area contributed by atoms with Gasteiger partial charge in [0.1, 0.15) is 17.1 Å². The van der Waals surface area contributed by atoms with Crippen molar-refractivity contribution in [2.75, 3.05) is 6.54 Å². The summed E-state index contributed by atoms with van der Waals surface area (Å²) in [6.45, 7) is 11.6. The second-order valence-electron chi connectivity index (χ2n) is 6.10. The van der Waals surface area contributed by atoms with E-state index in [9.17, 15) is 9.90 Å². The first kappa shape index (κ1) is 17.6. The maximum atomic E-state index is 11.9. The molecule has 1 rings (SSSR count). The molecule has 1 heterocycles. The number of aliphatic hydroxyl groups is 1. The molecule has 1 aromatic rings. The topological polar surface area (TPSA) is 74.5 Å². The Morgan fingerprint density at radius 3 is 2.52 bits per heavy atom. The van der Waals surface area contributed by atoms with Gasteiger partial charge >= 0.3 is 6.03 Å². The van der Waals surface area contributed by atoms with E-state index in [1.54, 1.807) is 13.0 Å². The molecular weight excluding hydrogens is 268 g/mol. The number of carbonyl (C=O) groups excluding carboxylic acids is 1. The molecule has 1 aromatic heterocycles. The molecule has 21 heavy (non-hydrogen) atoms. The molecule has 0 aliphatic heterocycles. The highest BCUT2D eigenvalue weighted by atomic mass is 16.3. The normalized spacial score (nSPS) is 16.9. The first-order valence-electron chi connectivity index (χ1n) is 7.51. The van der Waals surface area contributed by atoms with Crippen molar-refractivity contribution in [3.63, 3.8) is 0 Å². The number of rotatable bonds is 6. The van der Waals surface area contributed by atoms with E-state index in [4.69, 9.17) is 4.42 Å². The van der Waals surface area contributed by atoms with E-state index in [0.717, 1.165) is 12.2 Å². The predicted octanol–water partition coefficient (Wildman–Crippen LogP) is 2.84. The van der Waals surface area contributed by atoms with Crippen LogP contribution >= 0.6 is 0 Å². The van der Waals surface area contributed by atoms with Crippen LogP contribution in [0.2, 0.25) is 0 Å². The van der Waals surface area contributed by atoms with Crippen LogP contribution in [0.5, 0.6) is 0 Å². The Morgan fingerprint density at radius 1 is 1.43 bits per heavy atom. The lowest BCUT2D eigenvalue weighted by Crippen LogP contribution is -2.47. The number of hydrogen-bond donors (Lipinski definition) is 3. The van der Waals surface area contributed by atoms with Crippen LogP contribution in [0.3, 0.4) is 0 Å². The van der Waals surface area contributed by atoms with Gasteiger partial charge in [-0.3, -0.25) is 0 Å². The summed E-state index contributed by atoms with van der Waals surface area (Å²) in [5.41, 5.74) is -0.450. The average molecular weight is 296 g/mol. The molecule has 0 saturated carbocycles. The summed E-state index contributed by atoms with van der Waals surface area (Å²) in [6, 6.07) is 1.63. The van der Waals surface area contributed by atoms with Gasteiger partial charge in [0.2, 0.25) is 0 Å². The zero-order valence-corrected chi connectivity index (χ0v) is 13.9. The molecule has 5 nitrogen and oxygen atoms in total. The molecule has 3 atom stereocenters. The van der Waals surface area contributed by atoms with Gasteiger partial charge in [-0.05, 0) is 39.7 Å². The van der Waals surface area contributed by atoms with Crippen molar-refractivity contribution in [2.24, 2.45) is 5.92 Å². The van der Waals surface area contributed by atoms with Gasteiger partial charge in [-0.15, -0.1) is 0 Å². The van der Waals surface area contributed by atoms with Crippen LogP contribution in [0.15, 0.2) is 10.5 Å². The molecule has 5 heteroatoms. The zero-order chi connectivity index (χ0) is 16.2. The van der Waals surface area contributed by atoms with Crippen LogP contribution in [0.1, 0.15) is 51.2 Å². The zero-order valence-electron chi connectivity index (χ0n) is 13.9. The third-order valence-corrected chi connectivity index (χ3v) is 4.07. The van der Waals surface area contributed by atoms with Crippen LogP contribution in [0.25, 0.3) is 0 Å². The van der Waals surface area contributed by atoms with E-state index in [1.807, 2.05) is 20.8 Å².